The maximum Gasteiger partial charge on any atom is 0.257 e. The minimum absolute atomic E-state index is 0.0290. The van der Waals surface area contributed by atoms with Crippen molar-refractivity contribution in [1.29, 1.82) is 0 Å². The summed E-state index contributed by atoms with van der Waals surface area (Å²) in [4.78, 5) is 29.7. The highest BCUT2D eigenvalue weighted by Crippen LogP contribution is 2.43. The first-order valence-electron chi connectivity index (χ1n) is 11.1. The zero-order valence-electron chi connectivity index (χ0n) is 18.4. The standard InChI is InChI=1S/C25H25ClN4O3/c1-16-6-9-18(14-21(16)26)30-23(17-7-8-17)20(15-27-30)25(33)29-12-10-28(11-13-29)24(32)19-4-2-3-5-22(19)31/h2-6,9,14-15,17,31H,7-8,10-13H2,1H3. The van der Waals surface area contributed by atoms with E-state index < -0.39 is 0 Å². The predicted octanol–water partition coefficient (Wildman–Crippen LogP) is 4.02. The van der Waals surface area contributed by atoms with Crippen molar-refractivity contribution < 1.29 is 14.7 Å². The smallest absolute Gasteiger partial charge is 0.257 e. The minimum atomic E-state index is -0.220. The Morgan fingerprint density at radius 2 is 1.61 bits per heavy atom. The molecular formula is C25H25ClN4O3. The summed E-state index contributed by atoms with van der Waals surface area (Å²) in [6.45, 7) is 3.65. The SMILES string of the molecule is Cc1ccc(-n2ncc(C(=O)N3CCN(C(=O)c4ccccc4O)CC3)c2C2CC2)cc1Cl. The van der Waals surface area contributed by atoms with Crippen molar-refractivity contribution >= 4 is 23.4 Å². The second kappa shape index (κ2) is 8.56. The Morgan fingerprint density at radius 3 is 2.21 bits per heavy atom. The van der Waals surface area contributed by atoms with E-state index >= 15 is 0 Å². The number of aryl methyl sites for hydroxylation is 1. The molecule has 1 aliphatic heterocycles. The van der Waals surface area contributed by atoms with Gasteiger partial charge in [0.05, 0.1) is 28.7 Å². The molecule has 2 fully saturated rings. The van der Waals surface area contributed by atoms with E-state index in [1.165, 1.54) is 6.07 Å². The lowest BCUT2D eigenvalue weighted by molar-refractivity contribution is 0.0533. The summed E-state index contributed by atoms with van der Waals surface area (Å²) in [7, 11) is 0. The number of benzene rings is 2. The molecule has 1 aliphatic carbocycles. The van der Waals surface area contributed by atoms with Crippen LogP contribution in [0.3, 0.4) is 0 Å². The molecule has 2 aromatic carbocycles. The van der Waals surface area contributed by atoms with Crippen LogP contribution in [-0.4, -0.2) is 62.7 Å². The van der Waals surface area contributed by atoms with Gasteiger partial charge in [-0.15, -0.1) is 0 Å². The van der Waals surface area contributed by atoms with Gasteiger partial charge in [0.2, 0.25) is 0 Å². The highest BCUT2D eigenvalue weighted by atomic mass is 35.5. The van der Waals surface area contributed by atoms with Gasteiger partial charge >= 0.3 is 0 Å². The van der Waals surface area contributed by atoms with Gasteiger partial charge in [-0.3, -0.25) is 9.59 Å². The summed E-state index contributed by atoms with van der Waals surface area (Å²) >= 11 is 6.33. The summed E-state index contributed by atoms with van der Waals surface area (Å²) in [5, 5.41) is 15.2. The summed E-state index contributed by atoms with van der Waals surface area (Å²) in [5.41, 5.74) is 3.69. The predicted molar refractivity (Wildman–Crippen MR) is 125 cm³/mol. The Labute approximate surface area is 197 Å². The topological polar surface area (TPSA) is 78.7 Å². The number of phenols is 1. The number of piperazine rings is 1. The van der Waals surface area contributed by atoms with E-state index in [9.17, 15) is 14.7 Å². The molecule has 33 heavy (non-hydrogen) atoms. The normalized spacial score (nSPS) is 16.2. The number of rotatable bonds is 4. The van der Waals surface area contributed by atoms with Gasteiger partial charge in [0.15, 0.2) is 0 Å². The molecule has 0 unspecified atom stereocenters. The highest BCUT2D eigenvalue weighted by Gasteiger charge is 2.35. The van der Waals surface area contributed by atoms with E-state index in [0.29, 0.717) is 42.7 Å². The minimum Gasteiger partial charge on any atom is -0.507 e. The van der Waals surface area contributed by atoms with Crippen LogP contribution in [0.4, 0.5) is 0 Å². The number of carbonyl (C=O) groups excluding carboxylic acids is 2. The molecule has 0 bridgehead atoms. The van der Waals surface area contributed by atoms with E-state index in [1.54, 1.807) is 34.2 Å². The fraction of sp³-hybridized carbons (Fsp3) is 0.320. The fourth-order valence-electron chi connectivity index (χ4n) is 4.30. The molecule has 0 radical (unpaired) electrons. The fourth-order valence-corrected chi connectivity index (χ4v) is 4.47. The van der Waals surface area contributed by atoms with E-state index in [-0.39, 0.29) is 23.1 Å². The number of carbonyl (C=O) groups is 2. The molecule has 7 nitrogen and oxygen atoms in total. The Kier molecular flexibility index (Phi) is 5.58. The molecule has 5 rings (SSSR count). The van der Waals surface area contributed by atoms with Gasteiger partial charge in [-0.05, 0) is 49.6 Å². The molecular weight excluding hydrogens is 440 g/mol. The number of aromatic nitrogens is 2. The van der Waals surface area contributed by atoms with Crippen LogP contribution in [0.15, 0.2) is 48.7 Å². The summed E-state index contributed by atoms with van der Waals surface area (Å²) in [5.74, 6) is 0.00751. The van der Waals surface area contributed by atoms with Crippen molar-refractivity contribution in [2.24, 2.45) is 0 Å². The maximum atomic E-state index is 13.4. The number of aromatic hydroxyl groups is 1. The lowest BCUT2D eigenvalue weighted by atomic mass is 10.1. The van der Waals surface area contributed by atoms with Crippen LogP contribution in [-0.2, 0) is 0 Å². The third-order valence-electron chi connectivity index (χ3n) is 6.39. The van der Waals surface area contributed by atoms with E-state index in [2.05, 4.69) is 5.10 Å². The van der Waals surface area contributed by atoms with Gasteiger partial charge in [0, 0.05) is 37.1 Å². The van der Waals surface area contributed by atoms with Gasteiger partial charge in [-0.2, -0.15) is 5.10 Å². The second-order valence-corrected chi connectivity index (χ2v) is 9.07. The Morgan fingerprint density at radius 1 is 0.970 bits per heavy atom. The van der Waals surface area contributed by atoms with Gasteiger partial charge in [-0.25, -0.2) is 4.68 Å². The third kappa shape index (κ3) is 4.09. The van der Waals surface area contributed by atoms with Crippen LogP contribution in [0.25, 0.3) is 5.69 Å². The largest absolute Gasteiger partial charge is 0.507 e. The first-order chi connectivity index (χ1) is 15.9. The lowest BCUT2D eigenvalue weighted by Gasteiger charge is -2.35. The highest BCUT2D eigenvalue weighted by molar-refractivity contribution is 6.31. The van der Waals surface area contributed by atoms with Crippen LogP contribution >= 0.6 is 11.6 Å². The first kappa shape index (κ1) is 21.5. The van der Waals surface area contributed by atoms with Gasteiger partial charge in [-0.1, -0.05) is 29.8 Å². The second-order valence-electron chi connectivity index (χ2n) is 8.66. The molecule has 170 valence electrons. The maximum absolute atomic E-state index is 13.4. The van der Waals surface area contributed by atoms with Crippen molar-refractivity contribution in [2.75, 3.05) is 26.2 Å². The summed E-state index contributed by atoms with van der Waals surface area (Å²) < 4.78 is 1.84. The molecule has 0 atom stereocenters. The van der Waals surface area contributed by atoms with Gasteiger partial charge in [0.25, 0.3) is 11.8 Å². The molecule has 1 saturated heterocycles. The van der Waals surface area contributed by atoms with Crippen LogP contribution in [0.2, 0.25) is 5.02 Å². The first-order valence-corrected chi connectivity index (χ1v) is 11.5. The molecule has 1 aromatic heterocycles. The molecule has 0 spiro atoms. The Balaban J connectivity index is 1.34. The van der Waals surface area contributed by atoms with Crippen molar-refractivity contribution in [3.05, 3.63) is 76.1 Å². The Bertz CT molecular complexity index is 1230. The van der Waals surface area contributed by atoms with Gasteiger partial charge < -0.3 is 14.9 Å². The molecule has 2 amide bonds. The molecule has 3 aromatic rings. The monoisotopic (exact) mass is 464 g/mol. The number of hydrogen-bond acceptors (Lipinski definition) is 4. The van der Waals surface area contributed by atoms with Crippen molar-refractivity contribution in [3.63, 3.8) is 0 Å². The van der Waals surface area contributed by atoms with Crippen LogP contribution < -0.4 is 0 Å². The molecule has 1 saturated carbocycles. The van der Waals surface area contributed by atoms with Crippen molar-refractivity contribution in [3.8, 4) is 11.4 Å². The number of hydrogen-bond donors (Lipinski definition) is 1. The zero-order valence-corrected chi connectivity index (χ0v) is 19.1. The van der Waals surface area contributed by atoms with Crippen molar-refractivity contribution in [1.82, 2.24) is 19.6 Å². The lowest BCUT2D eigenvalue weighted by Crippen LogP contribution is -2.50. The zero-order chi connectivity index (χ0) is 23.1. The molecule has 8 heteroatoms. The molecule has 1 N–H and O–H groups in total. The van der Waals surface area contributed by atoms with E-state index in [4.69, 9.17) is 11.6 Å². The number of nitrogens with zero attached hydrogens (tertiary/aromatic N) is 4. The van der Waals surface area contributed by atoms with Crippen molar-refractivity contribution in [2.45, 2.75) is 25.7 Å². The van der Waals surface area contributed by atoms with Gasteiger partial charge in [0.1, 0.15) is 5.75 Å². The van der Waals surface area contributed by atoms with Crippen LogP contribution in [0.1, 0.15) is 50.7 Å². The summed E-state index contributed by atoms with van der Waals surface area (Å²) in [6.07, 6.45) is 3.73. The van der Waals surface area contributed by atoms with E-state index in [0.717, 1.165) is 29.8 Å². The average Bonchev–Trinajstić information content (AvgIpc) is 3.58. The average molecular weight is 465 g/mol. The molecule has 2 aliphatic rings. The number of halogens is 1. The Hall–Kier alpha value is -3.32. The van der Waals surface area contributed by atoms with Crippen LogP contribution in [0.5, 0.6) is 5.75 Å². The number of phenolic OH excluding ortho intramolecular Hbond substituents is 1. The summed E-state index contributed by atoms with van der Waals surface area (Å²) in [6, 6.07) is 12.3. The number of amides is 2. The molecule has 2 heterocycles. The van der Waals surface area contributed by atoms with E-state index in [1.807, 2.05) is 29.8 Å². The van der Waals surface area contributed by atoms with Crippen LogP contribution in [0, 0.1) is 6.92 Å². The quantitative estimate of drug-likeness (QED) is 0.632. The number of para-hydroxylation sites is 1. The third-order valence-corrected chi connectivity index (χ3v) is 6.80.